The first-order valence-corrected chi connectivity index (χ1v) is 41.8. The number of aromatic hydroxyl groups is 5. The molecule has 6 aliphatic heterocycles. The van der Waals surface area contributed by atoms with Crippen LogP contribution in [-0.4, -0.2) is 92.7 Å². The largest absolute Gasteiger partial charge is 0.504 e. The van der Waals surface area contributed by atoms with Crippen molar-refractivity contribution in [2.24, 2.45) is 0 Å². The SMILES string of the molecule is O=C(OC[C@H]1O[C@H](OC(=O)c2cc(O)c3c(c2)OC(c2ccccc2)(c2ccccc2)O3)[C@H](OC(=O)c2cc(O)c3c(c2)OC(c2ccccc2)(c2ccccc2)O3)[C@@H](OC(=O)c2cc(O)c3c(c2)OC(c2ccccc2)(c2ccccc2)O3)[C@@H]1OC(=O)c1cc(O)c2c(c1)OC(c1ccccc1)(c1ccccc1)O2)c1cc(O)c2c(c1)OC(c1ccccc1)(c1ccccc1)O2. The van der Waals surface area contributed by atoms with Gasteiger partial charge in [0.1, 0.15) is 12.7 Å². The van der Waals surface area contributed by atoms with E-state index in [1.54, 1.807) is 303 Å². The van der Waals surface area contributed by atoms with Gasteiger partial charge in [-0.15, -0.1) is 0 Å². The van der Waals surface area contributed by atoms with E-state index in [1.165, 1.54) is 30.3 Å². The molecule has 652 valence electrons. The van der Waals surface area contributed by atoms with E-state index in [0.29, 0.717) is 55.6 Å². The van der Waals surface area contributed by atoms with Crippen molar-refractivity contribution in [3.05, 3.63) is 447 Å². The number of rotatable bonds is 21. The Morgan fingerprint density at radius 2 is 0.417 bits per heavy atom. The average molecular weight is 1760 g/mol. The molecule has 15 aromatic rings. The molecule has 15 aromatic carbocycles. The molecule has 0 radical (unpaired) electrons. The van der Waals surface area contributed by atoms with Crippen LogP contribution in [-0.2, 0) is 57.4 Å². The molecule has 6 heterocycles. The van der Waals surface area contributed by atoms with Crippen molar-refractivity contribution in [1.82, 2.24) is 0 Å². The molecule has 0 aliphatic carbocycles. The van der Waals surface area contributed by atoms with Crippen molar-refractivity contribution in [3.63, 3.8) is 0 Å². The zero-order valence-electron chi connectivity index (χ0n) is 69.0. The van der Waals surface area contributed by atoms with Crippen LogP contribution in [0.2, 0.25) is 0 Å². The summed E-state index contributed by atoms with van der Waals surface area (Å²) in [6, 6.07) is 98.7. The molecular formula is C106H72O26. The summed E-state index contributed by atoms with van der Waals surface area (Å²) in [6.45, 7) is -1.13. The highest BCUT2D eigenvalue weighted by Gasteiger charge is 2.58. The Morgan fingerprint density at radius 3 is 0.636 bits per heavy atom. The number of carbonyl (C=O) groups is 5. The van der Waals surface area contributed by atoms with Gasteiger partial charge in [0.25, 0.3) is 0 Å². The lowest BCUT2D eigenvalue weighted by Gasteiger charge is -2.43. The highest BCUT2D eigenvalue weighted by atomic mass is 16.8. The number of carbonyl (C=O) groups excluding carboxylic acids is 5. The molecule has 0 saturated carbocycles. The molecule has 0 unspecified atom stereocenters. The second-order valence-electron chi connectivity index (χ2n) is 31.5. The number of hydrogen-bond donors (Lipinski definition) is 5. The van der Waals surface area contributed by atoms with Crippen molar-refractivity contribution >= 4 is 29.8 Å². The molecule has 26 nitrogen and oxygen atoms in total. The van der Waals surface area contributed by atoms with Gasteiger partial charge in [0.15, 0.2) is 69.7 Å². The van der Waals surface area contributed by atoms with E-state index in [4.69, 9.17) is 75.8 Å². The van der Waals surface area contributed by atoms with E-state index in [9.17, 15) is 25.5 Å². The maximum absolute atomic E-state index is 16.2. The van der Waals surface area contributed by atoms with Crippen molar-refractivity contribution in [2.45, 2.75) is 59.6 Å². The normalized spacial score (nSPS) is 18.1. The fourth-order valence-electron chi connectivity index (χ4n) is 17.1. The Morgan fingerprint density at radius 1 is 0.227 bits per heavy atom. The zero-order chi connectivity index (χ0) is 90.0. The predicted molar refractivity (Wildman–Crippen MR) is 467 cm³/mol. The van der Waals surface area contributed by atoms with Gasteiger partial charge in [-0.2, -0.15) is 0 Å². The van der Waals surface area contributed by atoms with Crippen molar-refractivity contribution in [1.29, 1.82) is 0 Å². The molecule has 5 atom stereocenters. The van der Waals surface area contributed by atoms with E-state index >= 15 is 24.0 Å². The summed E-state index contributed by atoms with van der Waals surface area (Å²) in [7, 11) is 0. The standard InChI is InChI=1S/C106H72O26/c107-77-51-62(56-82-88(77)128-102(123-82,67-31-11-1-12-32-67)68-33-13-2-14-34-68)96(112)117-61-87-93(119-97(113)63-52-78(108)89-83(57-63)124-103(129-89,69-35-15-3-16-36-69)70-37-17-4-18-38-70)94(120-98(114)64-53-79(109)90-84(58-64)125-104(130-90,71-39-19-5-20-40-71)72-41-21-6-22-42-72)95(121-99(115)65-54-80(110)91-85(59-65)126-105(131-91,73-43-23-7-24-44-73)74-45-25-8-26-46-74)101(118-87)122-100(116)66-55-81(111)92-86(60-66)127-106(132-92,75-47-27-9-28-48-75)76-49-29-10-30-50-76/h1-60,87,93-95,101,107-111H,61H2/t87-,93-,94+,95-,101-/m1/s1. The van der Waals surface area contributed by atoms with E-state index in [-0.39, 0.29) is 63.1 Å². The topological polar surface area (TPSA) is 334 Å². The second kappa shape index (κ2) is 32.8. The summed E-state index contributed by atoms with van der Waals surface area (Å²) in [5.74, 6) is -20.9. The summed E-state index contributed by atoms with van der Waals surface area (Å²) in [5, 5.41) is 61.0. The minimum absolute atomic E-state index is 0.126. The van der Waals surface area contributed by atoms with Crippen LogP contribution < -0.4 is 47.4 Å². The molecule has 0 aromatic heterocycles. The van der Waals surface area contributed by atoms with Gasteiger partial charge in [-0.3, -0.25) is 0 Å². The third kappa shape index (κ3) is 14.3. The van der Waals surface area contributed by atoms with Crippen molar-refractivity contribution in [2.75, 3.05) is 6.61 Å². The molecule has 1 saturated heterocycles. The first kappa shape index (κ1) is 81.6. The Labute approximate surface area is 751 Å². The van der Waals surface area contributed by atoms with Crippen LogP contribution in [0.15, 0.2) is 364 Å². The lowest BCUT2D eigenvalue weighted by atomic mass is 9.97. The zero-order valence-corrected chi connectivity index (χ0v) is 69.0. The summed E-state index contributed by atoms with van der Waals surface area (Å²) in [4.78, 5) is 79.5. The molecule has 6 aliphatic rings. The molecule has 0 bridgehead atoms. The smallest absolute Gasteiger partial charge is 0.340 e. The minimum Gasteiger partial charge on any atom is -0.504 e. The fourth-order valence-corrected chi connectivity index (χ4v) is 17.1. The van der Waals surface area contributed by atoms with Gasteiger partial charge < -0.3 is 101 Å². The number of phenolic OH excluding ortho intramolecular Hbond substituents is 5. The summed E-state index contributed by atoms with van der Waals surface area (Å²) >= 11 is 0. The van der Waals surface area contributed by atoms with Crippen molar-refractivity contribution < 1.29 is 125 Å². The van der Waals surface area contributed by atoms with Crippen LogP contribution >= 0.6 is 0 Å². The number of benzene rings is 15. The first-order chi connectivity index (χ1) is 64.3. The molecule has 1 fully saturated rings. The molecule has 5 N–H and O–H groups in total. The van der Waals surface area contributed by atoms with Crippen LogP contribution in [0.4, 0.5) is 0 Å². The van der Waals surface area contributed by atoms with Crippen LogP contribution in [0, 0.1) is 0 Å². The van der Waals surface area contributed by atoms with Crippen LogP contribution in [0.1, 0.15) is 107 Å². The molecule has 0 amide bonds. The fraction of sp³-hybridized carbons (Fsp3) is 0.104. The summed E-state index contributed by atoms with van der Waals surface area (Å²) in [6.07, 6.45) is -11.9. The molecule has 21 rings (SSSR count). The van der Waals surface area contributed by atoms with Crippen molar-refractivity contribution in [3.8, 4) is 86.2 Å². The lowest BCUT2D eigenvalue weighted by Crippen LogP contribution is -2.63. The number of hydrogen-bond acceptors (Lipinski definition) is 26. The first-order valence-electron chi connectivity index (χ1n) is 41.8. The molecule has 0 spiro atoms. The quantitative estimate of drug-likeness (QED) is 0.0329. The van der Waals surface area contributed by atoms with Gasteiger partial charge in [-0.1, -0.05) is 303 Å². The van der Waals surface area contributed by atoms with Gasteiger partial charge in [0, 0.05) is 55.6 Å². The van der Waals surface area contributed by atoms with E-state index < -0.39 is 147 Å². The predicted octanol–water partition coefficient (Wildman–Crippen LogP) is 18.0. The molecule has 132 heavy (non-hydrogen) atoms. The Balaban J connectivity index is 0.710. The van der Waals surface area contributed by atoms with E-state index in [1.807, 2.05) is 0 Å². The lowest BCUT2D eigenvalue weighted by molar-refractivity contribution is -0.282. The number of esters is 5. The van der Waals surface area contributed by atoms with Gasteiger partial charge >= 0.3 is 58.8 Å². The molecular weight excluding hydrogens is 1690 g/mol. The van der Waals surface area contributed by atoms with Gasteiger partial charge in [0.2, 0.25) is 41.1 Å². The van der Waals surface area contributed by atoms with E-state index in [0.717, 1.165) is 30.3 Å². The van der Waals surface area contributed by atoms with Gasteiger partial charge in [0.05, 0.1) is 27.8 Å². The number of phenols is 5. The maximum atomic E-state index is 16.2. The summed E-state index contributed by atoms with van der Waals surface area (Å²) in [5.41, 5.74) is 2.32. The Kier molecular flexibility index (Phi) is 20.3. The highest BCUT2D eigenvalue weighted by Crippen LogP contribution is 2.59. The van der Waals surface area contributed by atoms with Crippen LogP contribution in [0.25, 0.3) is 0 Å². The molecule has 26 heteroatoms. The third-order valence-corrected chi connectivity index (χ3v) is 23.3. The van der Waals surface area contributed by atoms with Gasteiger partial charge in [-0.25, -0.2) is 24.0 Å². The second-order valence-corrected chi connectivity index (χ2v) is 31.5. The number of fused-ring (bicyclic) bond motifs is 5. The summed E-state index contributed by atoms with van der Waals surface area (Å²) < 4.78 is 106. The van der Waals surface area contributed by atoms with Crippen LogP contribution in [0.3, 0.4) is 0 Å². The Hall–Kier alpha value is -17.4. The monoisotopic (exact) mass is 1760 g/mol. The van der Waals surface area contributed by atoms with Crippen LogP contribution in [0.5, 0.6) is 86.2 Å². The van der Waals surface area contributed by atoms with Gasteiger partial charge in [-0.05, 0) is 60.7 Å². The number of ether oxygens (including phenoxy) is 16. The maximum Gasteiger partial charge on any atom is 0.340 e. The third-order valence-electron chi connectivity index (χ3n) is 23.3. The van der Waals surface area contributed by atoms with E-state index in [2.05, 4.69) is 0 Å². The Bertz CT molecular complexity index is 6770. The minimum atomic E-state index is -2.50. The average Bonchev–Trinajstić information content (AvgIpc) is 1.55. The highest BCUT2D eigenvalue weighted by molar-refractivity contribution is 5.95.